The molecule has 0 saturated heterocycles. The second-order valence-electron chi connectivity index (χ2n) is 5.19. The Labute approximate surface area is 134 Å². The van der Waals surface area contributed by atoms with Crippen LogP contribution in [0.25, 0.3) is 0 Å². The Hall–Kier alpha value is -2.01. The Bertz CT molecular complexity index is 625. The topological polar surface area (TPSA) is 47.6 Å². The van der Waals surface area contributed by atoms with Crippen molar-refractivity contribution >= 4 is 17.2 Å². The molecule has 2 aromatic rings. The number of hydrogen-bond acceptors (Lipinski definition) is 4. The maximum atomic E-state index is 12.0. The van der Waals surface area contributed by atoms with Gasteiger partial charge in [0.2, 0.25) is 5.91 Å². The first kappa shape index (κ1) is 14.9. The lowest BCUT2D eigenvalue weighted by Crippen LogP contribution is -2.27. The van der Waals surface area contributed by atoms with Crippen molar-refractivity contribution in [1.29, 1.82) is 0 Å². The number of amides is 1. The van der Waals surface area contributed by atoms with Gasteiger partial charge in [-0.2, -0.15) is 0 Å². The lowest BCUT2D eigenvalue weighted by Gasteiger charge is -2.09. The number of rotatable bonds is 5. The van der Waals surface area contributed by atoms with Gasteiger partial charge in [-0.15, -0.1) is 11.3 Å². The van der Waals surface area contributed by atoms with Gasteiger partial charge in [-0.1, -0.05) is 12.1 Å². The van der Waals surface area contributed by atoms with E-state index in [1.54, 1.807) is 11.3 Å². The van der Waals surface area contributed by atoms with Crippen molar-refractivity contribution < 1.29 is 14.3 Å². The zero-order valence-corrected chi connectivity index (χ0v) is 13.2. The van der Waals surface area contributed by atoms with E-state index in [-0.39, 0.29) is 5.91 Å². The number of hydrogen-bond donors (Lipinski definition) is 1. The second-order valence-corrected chi connectivity index (χ2v) is 6.22. The number of thiophene rings is 1. The highest BCUT2D eigenvalue weighted by molar-refractivity contribution is 7.09. The summed E-state index contributed by atoms with van der Waals surface area (Å²) in [6.07, 6.45) is 2.12. The van der Waals surface area contributed by atoms with E-state index in [0.717, 1.165) is 29.9 Å². The molecule has 1 aromatic carbocycles. The Balaban J connectivity index is 1.51. The van der Waals surface area contributed by atoms with Crippen LogP contribution < -0.4 is 14.8 Å². The molecule has 0 bridgehead atoms. The van der Waals surface area contributed by atoms with Crippen LogP contribution in [0.3, 0.4) is 0 Å². The fraction of sp³-hybridized carbons (Fsp3) is 0.353. The van der Waals surface area contributed by atoms with Crippen LogP contribution in [0.2, 0.25) is 0 Å². The number of ether oxygens (including phenoxy) is 2. The van der Waals surface area contributed by atoms with Crippen LogP contribution in [0.4, 0.5) is 0 Å². The minimum atomic E-state index is 0.0334. The van der Waals surface area contributed by atoms with Crippen molar-refractivity contribution in [3.8, 4) is 11.5 Å². The Morgan fingerprint density at radius 1 is 1.18 bits per heavy atom. The summed E-state index contributed by atoms with van der Waals surface area (Å²) in [5.74, 6) is 1.53. The standard InChI is InChI=1S/C17H19NO3S/c19-17(18-7-6-14-3-1-10-22-14)12-13-4-5-15-16(11-13)21-9-2-8-20-15/h1,3-5,10-11H,2,6-9,12H2,(H,18,19). The zero-order chi connectivity index (χ0) is 15.2. The number of carbonyl (C=O) groups excluding carboxylic acids is 1. The molecular formula is C17H19NO3S. The van der Waals surface area contributed by atoms with Gasteiger partial charge >= 0.3 is 0 Å². The van der Waals surface area contributed by atoms with Crippen LogP contribution in [-0.2, 0) is 17.6 Å². The molecule has 0 unspecified atom stereocenters. The fourth-order valence-electron chi connectivity index (χ4n) is 2.35. The lowest BCUT2D eigenvalue weighted by molar-refractivity contribution is -0.120. The quantitative estimate of drug-likeness (QED) is 0.922. The van der Waals surface area contributed by atoms with Crippen molar-refractivity contribution in [1.82, 2.24) is 5.32 Å². The molecule has 1 aromatic heterocycles. The predicted octanol–water partition coefficient (Wildman–Crippen LogP) is 2.81. The zero-order valence-electron chi connectivity index (χ0n) is 12.3. The minimum Gasteiger partial charge on any atom is -0.490 e. The number of nitrogens with one attached hydrogen (secondary N) is 1. The monoisotopic (exact) mass is 317 g/mol. The van der Waals surface area contributed by atoms with E-state index in [1.165, 1.54) is 4.88 Å². The van der Waals surface area contributed by atoms with E-state index in [9.17, 15) is 4.79 Å². The molecule has 0 fully saturated rings. The van der Waals surface area contributed by atoms with Gasteiger partial charge < -0.3 is 14.8 Å². The molecule has 1 aliphatic heterocycles. The normalized spacial score (nSPS) is 13.5. The summed E-state index contributed by atoms with van der Waals surface area (Å²) in [5.41, 5.74) is 0.942. The smallest absolute Gasteiger partial charge is 0.224 e. The summed E-state index contributed by atoms with van der Waals surface area (Å²) >= 11 is 1.71. The molecule has 5 heteroatoms. The van der Waals surface area contributed by atoms with Crippen molar-refractivity contribution in [3.63, 3.8) is 0 Å². The summed E-state index contributed by atoms with van der Waals surface area (Å²) in [5, 5.41) is 5.01. The van der Waals surface area contributed by atoms with E-state index in [2.05, 4.69) is 16.8 Å². The van der Waals surface area contributed by atoms with E-state index in [0.29, 0.717) is 26.2 Å². The third kappa shape index (κ3) is 4.01. The van der Waals surface area contributed by atoms with Gasteiger partial charge in [0.1, 0.15) is 0 Å². The highest BCUT2D eigenvalue weighted by Crippen LogP contribution is 2.30. The lowest BCUT2D eigenvalue weighted by atomic mass is 10.1. The molecule has 22 heavy (non-hydrogen) atoms. The molecule has 1 N–H and O–H groups in total. The largest absolute Gasteiger partial charge is 0.490 e. The summed E-state index contributed by atoms with van der Waals surface area (Å²) in [6, 6.07) is 9.82. The molecule has 1 aliphatic rings. The molecule has 0 aliphatic carbocycles. The third-order valence-corrected chi connectivity index (χ3v) is 4.39. The Morgan fingerprint density at radius 2 is 2.05 bits per heavy atom. The first-order chi connectivity index (χ1) is 10.8. The van der Waals surface area contributed by atoms with Gasteiger partial charge in [0.05, 0.1) is 19.6 Å². The third-order valence-electron chi connectivity index (χ3n) is 3.45. The van der Waals surface area contributed by atoms with Gasteiger partial charge in [-0.3, -0.25) is 4.79 Å². The highest BCUT2D eigenvalue weighted by atomic mass is 32.1. The van der Waals surface area contributed by atoms with Gasteiger partial charge in [-0.25, -0.2) is 0 Å². The van der Waals surface area contributed by atoms with Gasteiger partial charge in [0.25, 0.3) is 0 Å². The van der Waals surface area contributed by atoms with Gasteiger partial charge in [0, 0.05) is 17.8 Å². The van der Waals surface area contributed by atoms with Crippen LogP contribution in [-0.4, -0.2) is 25.7 Å². The first-order valence-electron chi connectivity index (χ1n) is 7.49. The van der Waals surface area contributed by atoms with Crippen molar-refractivity contribution in [2.24, 2.45) is 0 Å². The molecule has 4 nitrogen and oxygen atoms in total. The van der Waals surface area contributed by atoms with Crippen LogP contribution in [0.15, 0.2) is 35.7 Å². The van der Waals surface area contributed by atoms with Crippen LogP contribution in [0.5, 0.6) is 11.5 Å². The van der Waals surface area contributed by atoms with Crippen LogP contribution in [0, 0.1) is 0 Å². The molecule has 0 spiro atoms. The fourth-order valence-corrected chi connectivity index (χ4v) is 3.05. The van der Waals surface area contributed by atoms with E-state index >= 15 is 0 Å². The number of fused-ring (bicyclic) bond motifs is 1. The minimum absolute atomic E-state index is 0.0334. The second kappa shape index (κ2) is 7.31. The summed E-state index contributed by atoms with van der Waals surface area (Å²) < 4.78 is 11.2. The molecule has 0 atom stereocenters. The maximum Gasteiger partial charge on any atom is 0.224 e. The molecule has 1 amide bonds. The van der Waals surface area contributed by atoms with Crippen molar-refractivity contribution in [2.45, 2.75) is 19.3 Å². The van der Waals surface area contributed by atoms with E-state index < -0.39 is 0 Å². The average molecular weight is 317 g/mol. The molecule has 0 radical (unpaired) electrons. The van der Waals surface area contributed by atoms with Gasteiger partial charge in [-0.05, 0) is 35.6 Å². The molecular weight excluding hydrogens is 298 g/mol. The van der Waals surface area contributed by atoms with Crippen molar-refractivity contribution in [2.75, 3.05) is 19.8 Å². The summed E-state index contributed by atoms with van der Waals surface area (Å²) in [6.45, 7) is 2.00. The van der Waals surface area contributed by atoms with E-state index in [4.69, 9.17) is 9.47 Å². The molecule has 0 saturated carbocycles. The molecule has 3 rings (SSSR count). The maximum absolute atomic E-state index is 12.0. The summed E-state index contributed by atoms with van der Waals surface area (Å²) in [7, 11) is 0. The number of carbonyl (C=O) groups is 1. The molecule has 116 valence electrons. The Kier molecular flexibility index (Phi) is 4.96. The highest BCUT2D eigenvalue weighted by Gasteiger charge is 2.12. The van der Waals surface area contributed by atoms with Crippen LogP contribution >= 0.6 is 11.3 Å². The van der Waals surface area contributed by atoms with Crippen molar-refractivity contribution in [3.05, 3.63) is 46.2 Å². The molecule has 2 heterocycles. The Morgan fingerprint density at radius 3 is 2.86 bits per heavy atom. The summed E-state index contributed by atoms with van der Waals surface area (Å²) in [4.78, 5) is 13.3. The number of benzene rings is 1. The average Bonchev–Trinajstić information content (AvgIpc) is 2.91. The predicted molar refractivity (Wildman–Crippen MR) is 86.8 cm³/mol. The first-order valence-corrected chi connectivity index (χ1v) is 8.37. The SMILES string of the molecule is O=C(Cc1ccc2c(c1)OCCCO2)NCCc1cccs1. The van der Waals surface area contributed by atoms with Gasteiger partial charge in [0.15, 0.2) is 11.5 Å². The van der Waals surface area contributed by atoms with E-state index in [1.807, 2.05) is 24.3 Å². The van der Waals surface area contributed by atoms with Crippen LogP contribution in [0.1, 0.15) is 16.9 Å².